The predicted molar refractivity (Wildman–Crippen MR) is 283 cm³/mol. The zero-order valence-corrected chi connectivity index (χ0v) is 38.2. The fourth-order valence-corrected chi connectivity index (χ4v) is 11.7. The Hall–Kier alpha value is -9.40. The van der Waals surface area contributed by atoms with Crippen LogP contribution in [0.3, 0.4) is 0 Å². The quantitative estimate of drug-likeness (QED) is 0.165. The van der Waals surface area contributed by atoms with Gasteiger partial charge in [-0.15, -0.1) is 0 Å². The minimum atomic E-state index is -0.244. The maximum atomic E-state index is 5.54. The van der Waals surface area contributed by atoms with Crippen LogP contribution in [0.25, 0.3) is 95.7 Å². The zero-order valence-electron chi connectivity index (χ0n) is 38.2. The lowest BCUT2D eigenvalue weighted by atomic mass is 9.94. The van der Waals surface area contributed by atoms with E-state index in [0.717, 1.165) is 66.7 Å². The summed E-state index contributed by atoms with van der Waals surface area (Å²) in [6, 6.07) is 68.5. The largest absolute Gasteiger partial charge is 0.309 e. The minimum Gasteiger partial charge on any atom is -0.309 e. The Kier molecular flexibility index (Phi) is 8.68. The second-order valence-electron chi connectivity index (χ2n) is 18.5. The molecule has 332 valence electrons. The number of benzene rings is 8. The van der Waals surface area contributed by atoms with Crippen LogP contribution >= 0.6 is 0 Å². The molecule has 0 amide bonds. The Morgan fingerprint density at radius 3 is 1.56 bits per heavy atom. The Morgan fingerprint density at radius 1 is 0.394 bits per heavy atom. The van der Waals surface area contributed by atoms with Gasteiger partial charge in [0.25, 0.3) is 0 Å². The highest BCUT2D eigenvalue weighted by atomic mass is 15.2. The summed E-state index contributed by atoms with van der Waals surface area (Å²) in [5, 5.41) is 3.50. The standard InChI is InChI=1S/C63H40N8/c1-4-20-38(21-5-1)58-64-62(69-63(68-58)71-52-34-9-3-8-33-50(52)56-53(71)37-36-49-44-28-18-19-35-51(44)70(57(49)56)39-22-6-2-7-23-39)61-66-59(54-45-29-14-10-24-40(45)41-25-11-15-30-46(41)54)65-60(67-61)55-47-31-16-12-26-42(47)43-27-13-17-32-48(43)55/h1-33,35-37,54-55H,34H2. The number of allylic oxidation sites excluding steroid dienone is 3. The minimum absolute atomic E-state index is 0.244. The third-order valence-electron chi connectivity index (χ3n) is 14.7. The second kappa shape index (κ2) is 15.6. The maximum Gasteiger partial charge on any atom is 0.238 e. The molecule has 0 fully saturated rings. The van der Waals surface area contributed by atoms with Crippen molar-refractivity contribution in [1.82, 2.24) is 39.0 Å². The van der Waals surface area contributed by atoms with Crippen molar-refractivity contribution in [3.8, 4) is 56.9 Å². The molecule has 4 heterocycles. The van der Waals surface area contributed by atoms with Gasteiger partial charge >= 0.3 is 0 Å². The van der Waals surface area contributed by atoms with Gasteiger partial charge in [0.1, 0.15) is 11.6 Å². The van der Waals surface area contributed by atoms with Crippen molar-refractivity contribution in [3.63, 3.8) is 0 Å². The first-order valence-electron chi connectivity index (χ1n) is 24.2. The van der Waals surface area contributed by atoms with E-state index in [-0.39, 0.29) is 11.8 Å². The molecule has 0 bridgehead atoms. The van der Waals surface area contributed by atoms with E-state index in [2.05, 4.69) is 197 Å². The van der Waals surface area contributed by atoms with E-state index in [1.807, 2.05) is 30.3 Å². The van der Waals surface area contributed by atoms with Gasteiger partial charge in [-0.3, -0.25) is 4.57 Å². The third-order valence-corrected chi connectivity index (χ3v) is 14.7. The van der Waals surface area contributed by atoms with E-state index in [1.54, 1.807) is 0 Å². The lowest BCUT2D eigenvalue weighted by molar-refractivity contribution is 0.771. The molecule has 12 aromatic rings. The van der Waals surface area contributed by atoms with Crippen molar-refractivity contribution < 1.29 is 0 Å². The number of nitrogens with zero attached hydrogens (tertiary/aromatic N) is 8. The van der Waals surface area contributed by atoms with E-state index in [4.69, 9.17) is 29.9 Å². The van der Waals surface area contributed by atoms with Crippen LogP contribution in [-0.4, -0.2) is 39.0 Å². The topological polar surface area (TPSA) is 87.2 Å². The average Bonchev–Trinajstić information content (AvgIpc) is 4.11. The Balaban J connectivity index is 1.02. The summed E-state index contributed by atoms with van der Waals surface area (Å²) in [5.74, 6) is 2.59. The third kappa shape index (κ3) is 5.98. The van der Waals surface area contributed by atoms with Crippen molar-refractivity contribution >= 4 is 38.8 Å². The van der Waals surface area contributed by atoms with Gasteiger partial charge < -0.3 is 4.57 Å². The number of hydrogen-bond donors (Lipinski definition) is 0. The van der Waals surface area contributed by atoms with Crippen LogP contribution in [0.5, 0.6) is 0 Å². The molecular weight excluding hydrogens is 869 g/mol. The first-order chi connectivity index (χ1) is 35.2. The van der Waals surface area contributed by atoms with Gasteiger partial charge in [0.15, 0.2) is 5.82 Å². The van der Waals surface area contributed by atoms with Crippen LogP contribution in [0, 0.1) is 0 Å². The van der Waals surface area contributed by atoms with Gasteiger partial charge in [-0.1, -0.05) is 194 Å². The molecule has 3 aliphatic carbocycles. The molecule has 0 unspecified atom stereocenters. The summed E-state index contributed by atoms with van der Waals surface area (Å²) >= 11 is 0. The number of aromatic nitrogens is 8. The Labute approximate surface area is 408 Å². The summed E-state index contributed by atoms with van der Waals surface area (Å²) in [6.45, 7) is 0. The predicted octanol–water partition coefficient (Wildman–Crippen LogP) is 13.9. The van der Waals surface area contributed by atoms with Crippen LogP contribution < -0.4 is 0 Å². The fourth-order valence-electron chi connectivity index (χ4n) is 11.7. The normalized spacial score (nSPS) is 13.6. The molecule has 0 atom stereocenters. The van der Waals surface area contributed by atoms with Gasteiger partial charge in [-0.25, -0.2) is 19.9 Å². The molecule has 0 saturated carbocycles. The van der Waals surface area contributed by atoms with E-state index in [9.17, 15) is 0 Å². The van der Waals surface area contributed by atoms with Gasteiger partial charge in [0.2, 0.25) is 17.6 Å². The lowest BCUT2D eigenvalue weighted by Gasteiger charge is -2.18. The molecule has 0 saturated heterocycles. The number of para-hydroxylation sites is 2. The molecule has 0 aliphatic heterocycles. The van der Waals surface area contributed by atoms with Crippen molar-refractivity contribution in [2.45, 2.75) is 18.3 Å². The van der Waals surface area contributed by atoms with Crippen LogP contribution in [-0.2, 0) is 6.42 Å². The molecule has 8 nitrogen and oxygen atoms in total. The highest BCUT2D eigenvalue weighted by Crippen LogP contribution is 2.50. The molecule has 0 N–H and O–H groups in total. The summed E-state index contributed by atoms with van der Waals surface area (Å²) in [5.41, 5.74) is 16.8. The van der Waals surface area contributed by atoms with Crippen LogP contribution in [0.4, 0.5) is 0 Å². The van der Waals surface area contributed by atoms with Crippen molar-refractivity contribution in [3.05, 3.63) is 258 Å². The van der Waals surface area contributed by atoms with E-state index >= 15 is 0 Å². The highest BCUT2D eigenvalue weighted by Gasteiger charge is 2.37. The fraction of sp³-hybridized carbons (Fsp3) is 0.0476. The van der Waals surface area contributed by atoms with E-state index in [0.29, 0.717) is 41.5 Å². The number of rotatable bonds is 6. The van der Waals surface area contributed by atoms with Crippen molar-refractivity contribution in [2.24, 2.45) is 0 Å². The number of hydrogen-bond acceptors (Lipinski definition) is 6. The smallest absolute Gasteiger partial charge is 0.238 e. The highest BCUT2D eigenvalue weighted by molar-refractivity contribution is 6.20. The average molecular weight is 909 g/mol. The zero-order chi connectivity index (χ0) is 46.6. The molecule has 0 radical (unpaired) electrons. The summed E-state index contributed by atoms with van der Waals surface area (Å²) < 4.78 is 4.65. The molecule has 8 heteroatoms. The Morgan fingerprint density at radius 2 is 0.930 bits per heavy atom. The molecule has 3 aliphatic rings. The summed E-state index contributed by atoms with van der Waals surface area (Å²) in [4.78, 5) is 32.7. The summed E-state index contributed by atoms with van der Waals surface area (Å²) in [7, 11) is 0. The van der Waals surface area contributed by atoms with Crippen LogP contribution in [0.2, 0.25) is 0 Å². The molecule has 15 rings (SSSR count). The van der Waals surface area contributed by atoms with Crippen LogP contribution in [0.15, 0.2) is 212 Å². The maximum absolute atomic E-state index is 5.54. The second-order valence-corrected chi connectivity index (χ2v) is 18.5. The molecule has 0 spiro atoms. The first kappa shape index (κ1) is 39.6. The van der Waals surface area contributed by atoms with E-state index in [1.165, 1.54) is 33.0 Å². The monoisotopic (exact) mass is 908 g/mol. The lowest BCUT2D eigenvalue weighted by Crippen LogP contribution is -2.16. The summed E-state index contributed by atoms with van der Waals surface area (Å²) in [6.07, 6.45) is 9.38. The molecule has 4 aromatic heterocycles. The van der Waals surface area contributed by atoms with Gasteiger partial charge in [0.05, 0.1) is 28.4 Å². The van der Waals surface area contributed by atoms with Gasteiger partial charge in [-0.2, -0.15) is 9.97 Å². The number of fused-ring (bicyclic) bond motifs is 13. The molecular formula is C63H40N8. The molecule has 71 heavy (non-hydrogen) atoms. The first-order valence-corrected chi connectivity index (χ1v) is 24.2. The molecule has 8 aromatic carbocycles. The van der Waals surface area contributed by atoms with Crippen molar-refractivity contribution in [1.29, 1.82) is 0 Å². The van der Waals surface area contributed by atoms with Gasteiger partial charge in [-0.05, 0) is 68.8 Å². The van der Waals surface area contributed by atoms with E-state index < -0.39 is 0 Å². The SMILES string of the molecule is C1=CCc2c(c3c(ccc4c5ccccc5n(-c5ccccc5)c43)n2-c2nc(-c3ccccc3)nc(-c3nc(C4c5ccccc5-c5ccccc54)nc(C4c5ccccc5-c5ccccc54)n3)n2)C=C1. The van der Waals surface area contributed by atoms with Gasteiger partial charge in [0, 0.05) is 45.1 Å². The van der Waals surface area contributed by atoms with Crippen LogP contribution in [0.1, 0.15) is 57.0 Å². The Bertz CT molecular complexity index is 4020. The van der Waals surface area contributed by atoms with Crippen molar-refractivity contribution in [2.75, 3.05) is 0 Å².